The lowest BCUT2D eigenvalue weighted by Gasteiger charge is -2.17. The van der Waals surface area contributed by atoms with E-state index < -0.39 is 9.05 Å². The Hall–Kier alpha value is -0.590. The number of rotatable bonds is 4. The smallest absolute Gasteiger partial charge is 0.261 e. The second-order valence-corrected chi connectivity index (χ2v) is 7.23. The molecular formula is C11H13BrClNO3S. The van der Waals surface area contributed by atoms with Crippen molar-refractivity contribution in [2.24, 2.45) is 0 Å². The second kappa shape index (κ2) is 6.04. The summed E-state index contributed by atoms with van der Waals surface area (Å²) < 4.78 is 23.0. The van der Waals surface area contributed by atoms with Gasteiger partial charge in [-0.15, -0.1) is 0 Å². The maximum Gasteiger partial charge on any atom is 0.261 e. The van der Waals surface area contributed by atoms with E-state index in [0.717, 1.165) is 6.42 Å². The van der Waals surface area contributed by atoms with Crippen molar-refractivity contribution >= 4 is 41.6 Å². The molecule has 0 N–H and O–H groups in total. The van der Waals surface area contributed by atoms with Crippen molar-refractivity contribution < 1.29 is 13.2 Å². The molecule has 0 spiro atoms. The first-order valence-electron chi connectivity index (χ1n) is 5.27. The van der Waals surface area contributed by atoms with Crippen molar-refractivity contribution in [1.82, 2.24) is 4.90 Å². The fourth-order valence-corrected chi connectivity index (χ4v) is 2.66. The quantitative estimate of drug-likeness (QED) is 0.781. The Morgan fingerprint density at radius 3 is 2.56 bits per heavy atom. The third-order valence-electron chi connectivity index (χ3n) is 2.36. The minimum atomic E-state index is -3.83. The van der Waals surface area contributed by atoms with Gasteiger partial charge < -0.3 is 4.90 Å². The van der Waals surface area contributed by atoms with E-state index in [1.165, 1.54) is 23.1 Å². The summed E-state index contributed by atoms with van der Waals surface area (Å²) in [4.78, 5) is 13.5. The highest BCUT2D eigenvalue weighted by Gasteiger charge is 2.18. The zero-order chi connectivity index (χ0) is 13.9. The predicted octanol–water partition coefficient (Wildman–Crippen LogP) is 2.86. The van der Waals surface area contributed by atoms with Gasteiger partial charge in [-0.1, -0.05) is 6.92 Å². The second-order valence-electron chi connectivity index (χ2n) is 3.81. The Balaban J connectivity index is 3.20. The molecule has 4 nitrogen and oxygen atoms in total. The van der Waals surface area contributed by atoms with Crippen LogP contribution in [-0.4, -0.2) is 32.8 Å². The first kappa shape index (κ1) is 15.5. The van der Waals surface area contributed by atoms with Crippen LogP contribution in [0.1, 0.15) is 23.7 Å². The van der Waals surface area contributed by atoms with Gasteiger partial charge in [0, 0.05) is 28.7 Å². The Morgan fingerprint density at radius 2 is 2.06 bits per heavy atom. The van der Waals surface area contributed by atoms with E-state index in [2.05, 4.69) is 15.9 Å². The van der Waals surface area contributed by atoms with Crippen molar-refractivity contribution in [3.8, 4) is 0 Å². The van der Waals surface area contributed by atoms with Crippen LogP contribution in [0.25, 0.3) is 0 Å². The van der Waals surface area contributed by atoms with E-state index >= 15 is 0 Å². The molecule has 1 amide bonds. The molecule has 0 atom stereocenters. The van der Waals surface area contributed by atoms with Gasteiger partial charge in [-0.3, -0.25) is 4.79 Å². The summed E-state index contributed by atoms with van der Waals surface area (Å²) in [5, 5.41) is 0. The van der Waals surface area contributed by atoms with E-state index in [-0.39, 0.29) is 16.4 Å². The molecule has 7 heteroatoms. The highest BCUT2D eigenvalue weighted by Crippen LogP contribution is 2.24. The fraction of sp³-hybridized carbons (Fsp3) is 0.364. The molecule has 0 saturated carbocycles. The highest BCUT2D eigenvalue weighted by atomic mass is 79.9. The molecule has 0 radical (unpaired) electrons. The molecule has 0 unspecified atom stereocenters. The van der Waals surface area contributed by atoms with Gasteiger partial charge in [-0.05, 0) is 40.5 Å². The molecule has 1 rings (SSSR count). The van der Waals surface area contributed by atoms with Gasteiger partial charge in [0.25, 0.3) is 15.0 Å². The summed E-state index contributed by atoms with van der Waals surface area (Å²) in [6.07, 6.45) is 0.827. The summed E-state index contributed by atoms with van der Waals surface area (Å²) >= 11 is 3.23. The number of nitrogens with zero attached hydrogens (tertiary/aromatic N) is 1. The van der Waals surface area contributed by atoms with Gasteiger partial charge in [0.05, 0.1) is 10.5 Å². The number of carbonyl (C=O) groups excluding carboxylic acids is 1. The van der Waals surface area contributed by atoms with Gasteiger partial charge in [0.2, 0.25) is 0 Å². The van der Waals surface area contributed by atoms with Crippen LogP contribution in [0, 0.1) is 0 Å². The van der Waals surface area contributed by atoms with Gasteiger partial charge in [0.15, 0.2) is 0 Å². The lowest BCUT2D eigenvalue weighted by Crippen LogP contribution is -2.27. The first-order valence-corrected chi connectivity index (χ1v) is 8.37. The Bertz CT molecular complexity index is 559. The zero-order valence-corrected chi connectivity index (χ0v) is 13.1. The van der Waals surface area contributed by atoms with Crippen LogP contribution in [0.4, 0.5) is 0 Å². The maximum atomic E-state index is 12.1. The van der Waals surface area contributed by atoms with Gasteiger partial charge in [-0.25, -0.2) is 8.42 Å². The molecule has 100 valence electrons. The molecule has 0 aliphatic rings. The number of benzene rings is 1. The summed E-state index contributed by atoms with van der Waals surface area (Å²) in [6.45, 7) is 2.56. The van der Waals surface area contributed by atoms with Crippen molar-refractivity contribution in [2.45, 2.75) is 18.2 Å². The van der Waals surface area contributed by atoms with E-state index in [0.29, 0.717) is 11.0 Å². The average molecular weight is 355 g/mol. The Kier molecular flexibility index (Phi) is 5.19. The standard InChI is InChI=1S/C11H13BrClNO3S/c1-3-6-14(2)11(15)9-7-8(18(13,16)17)4-5-10(9)12/h4-5,7H,3,6H2,1-2H3. The van der Waals surface area contributed by atoms with Crippen molar-refractivity contribution in [1.29, 1.82) is 0 Å². The molecule has 0 heterocycles. The molecule has 0 aliphatic heterocycles. The van der Waals surface area contributed by atoms with Crippen LogP contribution in [0.5, 0.6) is 0 Å². The van der Waals surface area contributed by atoms with E-state index in [1.54, 1.807) is 7.05 Å². The minimum absolute atomic E-state index is 0.0828. The summed E-state index contributed by atoms with van der Waals surface area (Å²) in [6, 6.07) is 4.13. The van der Waals surface area contributed by atoms with E-state index in [4.69, 9.17) is 10.7 Å². The minimum Gasteiger partial charge on any atom is -0.342 e. The molecule has 0 fully saturated rings. The third kappa shape index (κ3) is 3.70. The number of amides is 1. The maximum absolute atomic E-state index is 12.1. The van der Waals surface area contributed by atoms with Crippen LogP contribution in [0.15, 0.2) is 27.6 Å². The monoisotopic (exact) mass is 353 g/mol. The molecule has 18 heavy (non-hydrogen) atoms. The molecule has 1 aromatic carbocycles. The van der Waals surface area contributed by atoms with Crippen LogP contribution >= 0.6 is 26.6 Å². The van der Waals surface area contributed by atoms with Crippen molar-refractivity contribution in [2.75, 3.05) is 13.6 Å². The van der Waals surface area contributed by atoms with Crippen LogP contribution in [-0.2, 0) is 9.05 Å². The number of hydrogen-bond acceptors (Lipinski definition) is 3. The molecular weight excluding hydrogens is 342 g/mol. The van der Waals surface area contributed by atoms with Crippen molar-refractivity contribution in [3.63, 3.8) is 0 Å². The Labute approximate surface area is 119 Å². The highest BCUT2D eigenvalue weighted by molar-refractivity contribution is 9.10. The number of halogens is 2. The molecule has 1 aromatic rings. The van der Waals surface area contributed by atoms with E-state index in [1.807, 2.05) is 6.92 Å². The summed E-state index contributed by atoms with van der Waals surface area (Å²) in [5.41, 5.74) is 0.285. The van der Waals surface area contributed by atoms with Crippen LogP contribution in [0.2, 0.25) is 0 Å². The van der Waals surface area contributed by atoms with Crippen LogP contribution in [0.3, 0.4) is 0 Å². The lowest BCUT2D eigenvalue weighted by atomic mass is 10.2. The van der Waals surface area contributed by atoms with Gasteiger partial charge in [0.1, 0.15) is 0 Å². The molecule has 0 aliphatic carbocycles. The first-order chi connectivity index (χ1) is 8.27. The normalized spacial score (nSPS) is 11.3. The largest absolute Gasteiger partial charge is 0.342 e. The number of carbonyl (C=O) groups is 1. The fourth-order valence-electron chi connectivity index (χ4n) is 1.46. The van der Waals surface area contributed by atoms with E-state index in [9.17, 15) is 13.2 Å². The number of hydrogen-bond donors (Lipinski definition) is 0. The molecule has 0 bridgehead atoms. The Morgan fingerprint density at radius 1 is 1.44 bits per heavy atom. The topological polar surface area (TPSA) is 54.5 Å². The SMILES string of the molecule is CCCN(C)C(=O)c1cc(S(=O)(=O)Cl)ccc1Br. The lowest BCUT2D eigenvalue weighted by molar-refractivity contribution is 0.0794. The van der Waals surface area contributed by atoms with Gasteiger partial charge in [-0.2, -0.15) is 0 Å². The summed E-state index contributed by atoms with van der Waals surface area (Å²) in [7, 11) is 3.09. The molecule has 0 aromatic heterocycles. The zero-order valence-electron chi connectivity index (χ0n) is 9.98. The molecule has 0 saturated heterocycles. The van der Waals surface area contributed by atoms with Gasteiger partial charge >= 0.3 is 0 Å². The van der Waals surface area contributed by atoms with Crippen molar-refractivity contribution in [3.05, 3.63) is 28.2 Å². The third-order valence-corrected chi connectivity index (χ3v) is 4.40. The van der Waals surface area contributed by atoms with Crippen LogP contribution < -0.4 is 0 Å². The average Bonchev–Trinajstić information content (AvgIpc) is 2.27. The summed E-state index contributed by atoms with van der Waals surface area (Å²) in [5.74, 6) is -0.245. The predicted molar refractivity (Wildman–Crippen MR) is 74.4 cm³/mol.